The highest BCUT2D eigenvalue weighted by atomic mass is 16.5. The fraction of sp³-hybridized carbons (Fsp3) is 0.448. The van der Waals surface area contributed by atoms with E-state index in [9.17, 15) is 14.7 Å². The topological polar surface area (TPSA) is 146 Å². The van der Waals surface area contributed by atoms with Crippen molar-refractivity contribution < 1.29 is 24.2 Å². The van der Waals surface area contributed by atoms with Gasteiger partial charge < -0.3 is 19.9 Å². The number of carboxylic acid groups (broad SMARTS) is 1. The second-order valence-electron chi connectivity index (χ2n) is 10.3. The number of pyridine rings is 1. The van der Waals surface area contributed by atoms with Crippen molar-refractivity contribution in [1.82, 2.24) is 29.4 Å². The minimum atomic E-state index is -1.27. The molecule has 12 nitrogen and oxygen atoms in total. The molecule has 5 rings (SSSR count). The van der Waals surface area contributed by atoms with Crippen molar-refractivity contribution in [2.24, 2.45) is 7.05 Å². The summed E-state index contributed by atoms with van der Waals surface area (Å²) in [5.74, 6) is -0.512. The number of nitrogens with zero attached hydrogens (tertiary/aromatic N) is 6. The van der Waals surface area contributed by atoms with Crippen molar-refractivity contribution in [2.75, 3.05) is 32.2 Å². The van der Waals surface area contributed by atoms with Crippen LogP contribution < -0.4 is 5.32 Å². The van der Waals surface area contributed by atoms with Crippen LogP contribution >= 0.6 is 0 Å². The maximum absolute atomic E-state index is 12.5. The number of anilines is 1. The number of aryl methyl sites for hydroxylation is 1. The molecule has 0 saturated heterocycles. The molecule has 1 aliphatic rings. The van der Waals surface area contributed by atoms with Gasteiger partial charge in [0.15, 0.2) is 17.5 Å². The molecule has 0 aromatic carbocycles. The molecule has 41 heavy (non-hydrogen) atoms. The Hall–Kier alpha value is -4.16. The number of fused-ring (bicyclic) bond motifs is 1. The van der Waals surface area contributed by atoms with E-state index in [-0.39, 0.29) is 12.5 Å². The number of aldehydes is 1. The van der Waals surface area contributed by atoms with E-state index in [1.807, 2.05) is 38.4 Å². The van der Waals surface area contributed by atoms with Crippen LogP contribution in [0.5, 0.6) is 0 Å². The smallest absolute Gasteiger partial charge is 0.335 e. The quantitative estimate of drug-likeness (QED) is 0.192. The molecule has 0 aliphatic heterocycles. The van der Waals surface area contributed by atoms with Gasteiger partial charge >= 0.3 is 5.97 Å². The number of rotatable bonds is 12. The van der Waals surface area contributed by atoms with Crippen LogP contribution in [0.3, 0.4) is 0 Å². The van der Waals surface area contributed by atoms with Crippen LogP contribution in [0.25, 0.3) is 28.2 Å². The number of methoxy groups -OCH3 is 1. The van der Waals surface area contributed by atoms with Crippen LogP contribution in [0.15, 0.2) is 36.8 Å². The first-order valence-electron chi connectivity index (χ1n) is 13.8. The molecule has 1 aliphatic carbocycles. The number of carbonyl (C=O) groups excluding carboxylic acids is 1. The molecule has 0 bridgehead atoms. The Labute approximate surface area is 237 Å². The van der Waals surface area contributed by atoms with Crippen LogP contribution in [0.2, 0.25) is 0 Å². The molecular weight excluding hydrogens is 526 g/mol. The summed E-state index contributed by atoms with van der Waals surface area (Å²) in [5.41, 5.74) is 3.56. The van der Waals surface area contributed by atoms with Crippen LogP contribution in [0, 0.1) is 0 Å². The monoisotopic (exact) mass is 561 g/mol. The average Bonchev–Trinajstić information content (AvgIpc) is 3.62. The first kappa shape index (κ1) is 28.4. The first-order chi connectivity index (χ1) is 19.9. The highest BCUT2D eigenvalue weighted by Gasteiger charge is 2.44. The molecule has 12 heteroatoms. The summed E-state index contributed by atoms with van der Waals surface area (Å²) in [4.78, 5) is 34.3. The third-order valence-electron chi connectivity index (χ3n) is 7.66. The van der Waals surface area contributed by atoms with E-state index in [4.69, 9.17) is 14.5 Å². The number of aliphatic carboxylic acids is 1. The second-order valence-corrected chi connectivity index (χ2v) is 10.3. The van der Waals surface area contributed by atoms with E-state index >= 15 is 0 Å². The molecule has 1 fully saturated rings. The van der Waals surface area contributed by atoms with Crippen LogP contribution in [-0.2, 0) is 21.3 Å². The van der Waals surface area contributed by atoms with Crippen LogP contribution in [0.4, 0.5) is 5.82 Å². The molecule has 4 heterocycles. The van der Waals surface area contributed by atoms with Crippen molar-refractivity contribution >= 4 is 23.7 Å². The summed E-state index contributed by atoms with van der Waals surface area (Å²) < 4.78 is 14.3. The van der Waals surface area contributed by atoms with Crippen molar-refractivity contribution in [3.05, 3.63) is 48.0 Å². The number of aromatic nitrogens is 6. The van der Waals surface area contributed by atoms with E-state index in [2.05, 4.69) is 20.5 Å². The third-order valence-corrected chi connectivity index (χ3v) is 7.66. The van der Waals surface area contributed by atoms with Gasteiger partial charge in [-0.25, -0.2) is 9.78 Å². The summed E-state index contributed by atoms with van der Waals surface area (Å²) in [6, 6.07) is 5.78. The van der Waals surface area contributed by atoms with Gasteiger partial charge in [-0.2, -0.15) is 14.7 Å². The maximum Gasteiger partial charge on any atom is 0.335 e. The van der Waals surface area contributed by atoms with Crippen LogP contribution in [-0.4, -0.2) is 79.2 Å². The van der Waals surface area contributed by atoms with Gasteiger partial charge in [0.2, 0.25) is 0 Å². The Morgan fingerprint density at radius 1 is 1.20 bits per heavy atom. The Balaban J connectivity index is 1.52. The summed E-state index contributed by atoms with van der Waals surface area (Å²) in [6.07, 6.45) is 8.69. The van der Waals surface area contributed by atoms with Gasteiger partial charge in [-0.15, -0.1) is 0 Å². The summed E-state index contributed by atoms with van der Waals surface area (Å²) in [5, 5.41) is 22.4. The summed E-state index contributed by atoms with van der Waals surface area (Å²) >= 11 is 0. The number of hydrogen-bond acceptors (Lipinski definition) is 9. The molecule has 4 aromatic heterocycles. The zero-order chi connectivity index (χ0) is 29.0. The summed E-state index contributed by atoms with van der Waals surface area (Å²) in [7, 11) is 3.41. The minimum absolute atomic E-state index is 0.117. The lowest BCUT2D eigenvalue weighted by molar-refractivity contribution is -0.173. The molecular formula is C29H35N7O5. The number of hydrogen-bond donors (Lipinski definition) is 2. The Morgan fingerprint density at radius 2 is 2.00 bits per heavy atom. The summed E-state index contributed by atoms with van der Waals surface area (Å²) in [6.45, 7) is 3.22. The first-order valence-corrected chi connectivity index (χ1v) is 13.8. The van der Waals surface area contributed by atoms with Gasteiger partial charge in [-0.1, -0.05) is 13.0 Å². The van der Waals surface area contributed by atoms with E-state index in [0.717, 1.165) is 35.2 Å². The molecule has 0 unspecified atom stereocenters. The standard InChI is InChI=1S/C29H35N7O5/c1-4-12-30-26-22(18-37)25(19-7-10-29(11-8-19,28(38)39)41-15-14-40-3)33-27-21(17-32-36(26)27)20-5-6-23(31-16-20)24-9-13-35(2)34-24/h5-6,9,13,16-19,30H,4,7-8,10-12,14-15H2,1-3H3,(H,38,39). The highest BCUT2D eigenvalue weighted by Crippen LogP contribution is 2.42. The Morgan fingerprint density at radius 3 is 2.61 bits per heavy atom. The molecule has 0 atom stereocenters. The van der Waals surface area contributed by atoms with Crippen molar-refractivity contribution in [1.29, 1.82) is 0 Å². The predicted molar refractivity (Wildman–Crippen MR) is 152 cm³/mol. The normalized spacial score (nSPS) is 19.0. The second kappa shape index (κ2) is 12.1. The number of carbonyl (C=O) groups is 2. The van der Waals surface area contributed by atoms with Crippen molar-refractivity contribution in [3.8, 4) is 22.5 Å². The molecule has 0 spiro atoms. The number of nitrogens with one attached hydrogen (secondary N) is 1. The fourth-order valence-electron chi connectivity index (χ4n) is 5.42. The van der Waals surface area contributed by atoms with E-state index in [1.54, 1.807) is 28.7 Å². The Bertz CT molecular complexity index is 1520. The minimum Gasteiger partial charge on any atom is -0.479 e. The number of carboxylic acids is 1. The molecule has 0 amide bonds. The van der Waals surface area contributed by atoms with Gasteiger partial charge in [0.25, 0.3) is 0 Å². The zero-order valence-electron chi connectivity index (χ0n) is 23.5. The lowest BCUT2D eigenvalue weighted by Gasteiger charge is -2.36. The zero-order valence-corrected chi connectivity index (χ0v) is 23.5. The largest absolute Gasteiger partial charge is 0.479 e. The van der Waals surface area contributed by atoms with E-state index in [0.29, 0.717) is 61.6 Å². The maximum atomic E-state index is 12.5. The lowest BCUT2D eigenvalue weighted by Crippen LogP contribution is -2.45. The van der Waals surface area contributed by atoms with Gasteiger partial charge in [0.05, 0.1) is 36.4 Å². The average molecular weight is 562 g/mol. The Kier molecular flexibility index (Phi) is 8.41. The molecule has 2 N–H and O–H groups in total. The van der Waals surface area contributed by atoms with Gasteiger partial charge in [-0.05, 0) is 44.2 Å². The van der Waals surface area contributed by atoms with Gasteiger partial charge in [-0.3, -0.25) is 14.5 Å². The molecule has 0 radical (unpaired) electrons. The molecule has 1 saturated carbocycles. The molecule has 4 aromatic rings. The van der Waals surface area contributed by atoms with E-state index < -0.39 is 11.6 Å². The fourth-order valence-corrected chi connectivity index (χ4v) is 5.42. The SMILES string of the molecule is CCCNc1c(C=O)c(C2CCC(OCCOC)(C(=O)O)CC2)nc2c(-c3ccc(-c4ccn(C)n4)nc3)cnn12. The number of ether oxygens (including phenoxy) is 2. The third kappa shape index (κ3) is 5.57. The van der Waals surface area contributed by atoms with Crippen molar-refractivity contribution in [3.63, 3.8) is 0 Å². The lowest BCUT2D eigenvalue weighted by atomic mass is 9.76. The highest BCUT2D eigenvalue weighted by molar-refractivity contribution is 5.88. The molecule has 216 valence electrons. The van der Waals surface area contributed by atoms with Crippen LogP contribution in [0.1, 0.15) is 61.0 Å². The van der Waals surface area contributed by atoms with Crippen molar-refractivity contribution in [2.45, 2.75) is 50.5 Å². The predicted octanol–water partition coefficient (Wildman–Crippen LogP) is 3.97. The van der Waals surface area contributed by atoms with Gasteiger partial charge in [0, 0.05) is 50.1 Å². The van der Waals surface area contributed by atoms with Gasteiger partial charge in [0.1, 0.15) is 11.5 Å². The van der Waals surface area contributed by atoms with E-state index in [1.165, 1.54) is 0 Å².